The second kappa shape index (κ2) is 7.84. The third-order valence-electron chi connectivity index (χ3n) is 3.02. The van der Waals surface area contributed by atoms with E-state index in [2.05, 4.69) is 41.3 Å². The van der Waals surface area contributed by atoms with Crippen molar-refractivity contribution in [3.8, 4) is 17.6 Å². The number of thiophene rings is 1. The van der Waals surface area contributed by atoms with Crippen molar-refractivity contribution in [1.82, 2.24) is 4.90 Å². The molecule has 0 aliphatic rings. The van der Waals surface area contributed by atoms with Gasteiger partial charge in [0.2, 0.25) is 0 Å². The zero-order chi connectivity index (χ0) is 15.1. The van der Waals surface area contributed by atoms with Gasteiger partial charge in [-0.3, -0.25) is 4.90 Å². The van der Waals surface area contributed by atoms with Gasteiger partial charge >= 0.3 is 0 Å². The van der Waals surface area contributed by atoms with Gasteiger partial charge in [0.15, 0.2) is 0 Å². The van der Waals surface area contributed by atoms with Crippen LogP contribution in [0.25, 0.3) is 0 Å². The van der Waals surface area contributed by atoms with E-state index in [0.717, 1.165) is 24.4 Å². The van der Waals surface area contributed by atoms with Crippen LogP contribution in [-0.2, 0) is 13.1 Å². The average Bonchev–Trinajstić information content (AvgIpc) is 2.98. The van der Waals surface area contributed by atoms with Gasteiger partial charge in [-0.2, -0.15) is 0 Å². The average molecular weight is 301 g/mol. The lowest BCUT2D eigenvalue weighted by Gasteiger charge is -2.16. The molecule has 21 heavy (non-hydrogen) atoms. The number of hydrogen-bond acceptors (Lipinski definition) is 4. The number of aliphatic hydroxyl groups is 1. The van der Waals surface area contributed by atoms with Crippen LogP contribution in [0, 0.1) is 11.8 Å². The molecule has 0 fully saturated rings. The summed E-state index contributed by atoms with van der Waals surface area (Å²) in [6.45, 7) is 1.63. The molecule has 4 heteroatoms. The molecule has 110 valence electrons. The monoisotopic (exact) mass is 301 g/mol. The van der Waals surface area contributed by atoms with Crippen LogP contribution in [-0.4, -0.2) is 30.8 Å². The number of methoxy groups -OCH3 is 1. The highest BCUT2D eigenvalue weighted by atomic mass is 32.1. The largest absolute Gasteiger partial charge is 0.495 e. The van der Waals surface area contributed by atoms with Gasteiger partial charge in [0.05, 0.1) is 12.7 Å². The van der Waals surface area contributed by atoms with Crippen molar-refractivity contribution in [1.29, 1.82) is 0 Å². The molecule has 2 aromatic rings. The number of benzene rings is 1. The lowest BCUT2D eigenvalue weighted by Crippen LogP contribution is -2.16. The number of hydrogen-bond donors (Lipinski definition) is 1. The molecule has 1 heterocycles. The van der Waals surface area contributed by atoms with Crippen LogP contribution in [0.3, 0.4) is 0 Å². The van der Waals surface area contributed by atoms with Crippen LogP contribution in [0.2, 0.25) is 0 Å². The summed E-state index contributed by atoms with van der Waals surface area (Å²) in [5.41, 5.74) is 1.99. The minimum atomic E-state index is -0.147. The molecule has 0 saturated heterocycles. The van der Waals surface area contributed by atoms with Crippen LogP contribution in [0.15, 0.2) is 35.7 Å². The summed E-state index contributed by atoms with van der Waals surface area (Å²) in [7, 11) is 3.73. The van der Waals surface area contributed by atoms with E-state index < -0.39 is 0 Å². The fourth-order valence-corrected chi connectivity index (χ4v) is 2.91. The maximum atomic E-state index is 8.83. The predicted molar refractivity (Wildman–Crippen MR) is 86.4 cm³/mol. The van der Waals surface area contributed by atoms with Gasteiger partial charge in [-0.15, -0.1) is 11.3 Å². The minimum Gasteiger partial charge on any atom is -0.495 e. The Kier molecular flexibility index (Phi) is 5.82. The summed E-state index contributed by atoms with van der Waals surface area (Å²) in [5, 5.41) is 10.9. The van der Waals surface area contributed by atoms with Gasteiger partial charge in [0.25, 0.3) is 0 Å². The third-order valence-corrected chi connectivity index (χ3v) is 3.89. The molecule has 0 atom stereocenters. The Bertz CT molecular complexity index is 626. The Morgan fingerprint density at radius 3 is 2.81 bits per heavy atom. The highest BCUT2D eigenvalue weighted by molar-refractivity contribution is 7.09. The second-order valence-electron chi connectivity index (χ2n) is 4.75. The first kappa shape index (κ1) is 15.6. The van der Waals surface area contributed by atoms with Crippen molar-refractivity contribution in [2.24, 2.45) is 0 Å². The van der Waals surface area contributed by atoms with E-state index in [4.69, 9.17) is 9.84 Å². The van der Waals surface area contributed by atoms with Gasteiger partial charge in [-0.25, -0.2) is 0 Å². The number of nitrogens with zero attached hydrogens (tertiary/aromatic N) is 1. The third kappa shape index (κ3) is 4.61. The molecular formula is C17H19NO2S. The maximum Gasteiger partial charge on any atom is 0.134 e. The Morgan fingerprint density at radius 1 is 1.29 bits per heavy atom. The molecule has 1 aromatic carbocycles. The molecule has 0 amide bonds. The SMILES string of the molecule is COc1ccc(CN(C)Cc2cccs2)cc1C#CCO. The number of aliphatic hydroxyl groups excluding tert-OH is 1. The van der Waals surface area contributed by atoms with Crippen LogP contribution in [0.1, 0.15) is 16.0 Å². The first-order valence-electron chi connectivity index (χ1n) is 6.70. The molecule has 0 bridgehead atoms. The topological polar surface area (TPSA) is 32.7 Å². The quantitative estimate of drug-likeness (QED) is 0.862. The van der Waals surface area contributed by atoms with Crippen molar-refractivity contribution in [2.75, 3.05) is 20.8 Å². The molecule has 0 unspecified atom stereocenters. The van der Waals surface area contributed by atoms with Gasteiger partial charge < -0.3 is 9.84 Å². The second-order valence-corrected chi connectivity index (χ2v) is 5.78. The van der Waals surface area contributed by atoms with Crippen molar-refractivity contribution < 1.29 is 9.84 Å². The van der Waals surface area contributed by atoms with Gasteiger partial charge in [-0.05, 0) is 36.2 Å². The minimum absolute atomic E-state index is 0.147. The van der Waals surface area contributed by atoms with Crippen LogP contribution >= 0.6 is 11.3 Å². The number of ether oxygens (including phenoxy) is 1. The lowest BCUT2D eigenvalue weighted by molar-refractivity contribution is 0.321. The first-order valence-corrected chi connectivity index (χ1v) is 7.58. The molecular weight excluding hydrogens is 282 g/mol. The van der Waals surface area contributed by atoms with Crippen molar-refractivity contribution in [3.05, 3.63) is 51.7 Å². The number of rotatable bonds is 5. The van der Waals surface area contributed by atoms with E-state index in [9.17, 15) is 0 Å². The molecule has 1 N–H and O–H groups in total. The molecule has 2 rings (SSSR count). The summed E-state index contributed by atoms with van der Waals surface area (Å²) >= 11 is 1.77. The Morgan fingerprint density at radius 2 is 2.14 bits per heavy atom. The maximum absolute atomic E-state index is 8.83. The summed E-state index contributed by atoms with van der Waals surface area (Å²) in [5.74, 6) is 6.34. The van der Waals surface area contributed by atoms with Crippen LogP contribution in [0.4, 0.5) is 0 Å². The summed E-state index contributed by atoms with van der Waals surface area (Å²) in [4.78, 5) is 3.61. The fourth-order valence-electron chi connectivity index (χ4n) is 2.12. The van der Waals surface area contributed by atoms with Crippen molar-refractivity contribution >= 4 is 11.3 Å². The standard InChI is InChI=1S/C17H19NO2S/c1-18(13-16-6-4-10-21-16)12-14-7-8-17(20-2)15(11-14)5-3-9-19/h4,6-8,10-11,19H,9,12-13H2,1-2H3. The van der Waals surface area contributed by atoms with E-state index >= 15 is 0 Å². The van der Waals surface area contributed by atoms with E-state index in [1.54, 1.807) is 18.4 Å². The smallest absolute Gasteiger partial charge is 0.134 e. The van der Waals surface area contributed by atoms with E-state index in [-0.39, 0.29) is 6.61 Å². The summed E-state index contributed by atoms with van der Waals surface area (Å²) < 4.78 is 5.29. The van der Waals surface area contributed by atoms with E-state index in [1.165, 1.54) is 10.4 Å². The predicted octanol–water partition coefficient (Wildman–Crippen LogP) is 2.73. The van der Waals surface area contributed by atoms with Crippen LogP contribution in [0.5, 0.6) is 5.75 Å². The molecule has 0 radical (unpaired) electrons. The first-order chi connectivity index (χ1) is 10.2. The Hall–Kier alpha value is -1.80. The van der Waals surface area contributed by atoms with E-state index in [0.29, 0.717) is 0 Å². The molecule has 0 spiro atoms. The van der Waals surface area contributed by atoms with E-state index in [1.807, 2.05) is 18.2 Å². The highest BCUT2D eigenvalue weighted by Gasteiger charge is 2.06. The zero-order valence-electron chi connectivity index (χ0n) is 12.3. The fraction of sp³-hybridized carbons (Fsp3) is 0.294. The van der Waals surface area contributed by atoms with Gasteiger partial charge in [0, 0.05) is 18.0 Å². The van der Waals surface area contributed by atoms with Crippen molar-refractivity contribution in [2.45, 2.75) is 13.1 Å². The normalized spacial score (nSPS) is 10.3. The summed E-state index contributed by atoms with van der Waals surface area (Å²) in [6.07, 6.45) is 0. The van der Waals surface area contributed by atoms with Crippen molar-refractivity contribution in [3.63, 3.8) is 0 Å². The Balaban J connectivity index is 2.09. The zero-order valence-corrected chi connectivity index (χ0v) is 13.1. The van der Waals surface area contributed by atoms with Gasteiger partial charge in [0.1, 0.15) is 12.4 Å². The summed E-state index contributed by atoms with van der Waals surface area (Å²) in [6, 6.07) is 10.2. The molecule has 0 aliphatic carbocycles. The Labute approximate surface area is 129 Å². The molecule has 1 aromatic heterocycles. The molecule has 3 nitrogen and oxygen atoms in total. The van der Waals surface area contributed by atoms with Gasteiger partial charge in [-0.1, -0.05) is 24.0 Å². The lowest BCUT2D eigenvalue weighted by atomic mass is 10.1. The molecule has 0 aliphatic heterocycles. The highest BCUT2D eigenvalue weighted by Crippen LogP contribution is 2.20. The molecule has 0 saturated carbocycles. The van der Waals surface area contributed by atoms with Crippen LogP contribution < -0.4 is 4.74 Å².